The highest BCUT2D eigenvalue weighted by atomic mass is 79.9. The molecule has 1 heterocycles. The van der Waals surface area contributed by atoms with Gasteiger partial charge in [-0.05, 0) is 61.5 Å². The van der Waals surface area contributed by atoms with Crippen LogP contribution in [0.15, 0.2) is 22.7 Å². The zero-order chi connectivity index (χ0) is 11.8. The second-order valence-electron chi connectivity index (χ2n) is 5.28. The first-order chi connectivity index (χ1) is 8.28. The third kappa shape index (κ3) is 2.16. The van der Waals surface area contributed by atoms with Gasteiger partial charge in [0, 0.05) is 17.1 Å². The number of fused-ring (bicyclic) bond motifs is 1. The maximum absolute atomic E-state index is 5.78. The number of nitrogens with zero attached hydrogens (tertiary/aromatic N) is 1. The molecule has 2 nitrogen and oxygen atoms in total. The third-order valence-electron chi connectivity index (χ3n) is 4.24. The van der Waals surface area contributed by atoms with E-state index in [9.17, 15) is 0 Å². The largest absolute Gasteiger partial charge is 0.330 e. The number of benzene rings is 1. The van der Waals surface area contributed by atoms with Gasteiger partial charge in [-0.15, -0.1) is 0 Å². The Morgan fingerprint density at radius 2 is 2.24 bits per heavy atom. The summed E-state index contributed by atoms with van der Waals surface area (Å²) in [4.78, 5) is 2.64. The minimum atomic E-state index is 0.648. The quantitative estimate of drug-likeness (QED) is 0.909. The van der Waals surface area contributed by atoms with Gasteiger partial charge in [-0.2, -0.15) is 0 Å². The lowest BCUT2D eigenvalue weighted by Crippen LogP contribution is -2.26. The Bertz CT molecular complexity index is 419. The number of rotatable bonds is 2. The van der Waals surface area contributed by atoms with Crippen LogP contribution in [0.25, 0.3) is 0 Å². The van der Waals surface area contributed by atoms with Crippen molar-refractivity contribution in [3.8, 4) is 0 Å². The second kappa shape index (κ2) is 4.71. The fraction of sp³-hybridized carbons (Fsp3) is 0.571. The Morgan fingerprint density at radius 3 is 3.00 bits per heavy atom. The Labute approximate surface area is 111 Å². The topological polar surface area (TPSA) is 29.3 Å². The Balaban J connectivity index is 1.80. The number of aryl methyl sites for hydroxylation is 1. The third-order valence-corrected chi connectivity index (χ3v) is 4.74. The molecule has 1 saturated heterocycles. The first-order valence-electron chi connectivity index (χ1n) is 6.50. The van der Waals surface area contributed by atoms with Crippen molar-refractivity contribution in [3.05, 3.63) is 33.8 Å². The fourth-order valence-electron chi connectivity index (χ4n) is 3.28. The molecule has 17 heavy (non-hydrogen) atoms. The molecule has 2 N–H and O–H groups in total. The van der Waals surface area contributed by atoms with E-state index in [0.717, 1.165) is 12.5 Å². The number of hydrogen-bond donors (Lipinski definition) is 1. The molecular formula is C14H19BrN2. The van der Waals surface area contributed by atoms with Crippen LogP contribution in [-0.4, -0.2) is 24.5 Å². The summed E-state index contributed by atoms with van der Waals surface area (Å²) < 4.78 is 1.21. The van der Waals surface area contributed by atoms with Crippen molar-refractivity contribution < 1.29 is 0 Å². The first-order valence-corrected chi connectivity index (χ1v) is 7.29. The van der Waals surface area contributed by atoms with E-state index in [4.69, 9.17) is 5.73 Å². The average Bonchev–Trinajstić information content (AvgIpc) is 2.93. The maximum atomic E-state index is 5.78. The van der Waals surface area contributed by atoms with Crippen molar-refractivity contribution in [2.45, 2.75) is 25.3 Å². The predicted octanol–water partition coefficient (Wildman–Crippen LogP) is 2.72. The summed E-state index contributed by atoms with van der Waals surface area (Å²) in [5.41, 5.74) is 8.85. The zero-order valence-electron chi connectivity index (χ0n) is 10.0. The van der Waals surface area contributed by atoms with Gasteiger partial charge in [0.1, 0.15) is 0 Å². The fourth-order valence-corrected chi connectivity index (χ4v) is 3.69. The molecule has 2 atom stereocenters. The number of likely N-dealkylation sites (tertiary alicyclic amines) is 1. The molecule has 3 rings (SSSR count). The van der Waals surface area contributed by atoms with Crippen LogP contribution in [0, 0.1) is 5.92 Å². The Morgan fingerprint density at radius 1 is 1.35 bits per heavy atom. The van der Waals surface area contributed by atoms with E-state index >= 15 is 0 Å². The number of nitrogens with two attached hydrogens (primary N) is 1. The van der Waals surface area contributed by atoms with Gasteiger partial charge in [-0.1, -0.05) is 22.0 Å². The van der Waals surface area contributed by atoms with Crippen LogP contribution in [-0.2, 0) is 6.42 Å². The maximum Gasteiger partial charge on any atom is 0.0354 e. The van der Waals surface area contributed by atoms with E-state index in [1.54, 1.807) is 5.56 Å². The lowest BCUT2D eigenvalue weighted by Gasteiger charge is -2.24. The van der Waals surface area contributed by atoms with Gasteiger partial charge in [0.05, 0.1) is 0 Å². The van der Waals surface area contributed by atoms with Crippen molar-refractivity contribution >= 4 is 15.9 Å². The molecule has 0 aromatic heterocycles. The average molecular weight is 295 g/mol. The standard InChI is InChI=1S/C14H19BrN2/c15-12-2-3-13-11(7-12)1-4-14(13)17-6-5-10(8-16)9-17/h2-3,7,10,14H,1,4-6,8-9,16H2. The van der Waals surface area contributed by atoms with Crippen LogP contribution in [0.1, 0.15) is 30.0 Å². The summed E-state index contributed by atoms with van der Waals surface area (Å²) in [5.74, 6) is 0.717. The molecule has 1 aliphatic heterocycles. The highest BCUT2D eigenvalue weighted by molar-refractivity contribution is 9.10. The van der Waals surface area contributed by atoms with Crippen molar-refractivity contribution in [1.82, 2.24) is 4.90 Å². The van der Waals surface area contributed by atoms with Crippen LogP contribution < -0.4 is 5.73 Å². The van der Waals surface area contributed by atoms with Gasteiger partial charge in [0.25, 0.3) is 0 Å². The summed E-state index contributed by atoms with van der Waals surface area (Å²) in [6, 6.07) is 7.40. The van der Waals surface area contributed by atoms with Crippen LogP contribution in [0.2, 0.25) is 0 Å². The molecule has 0 amide bonds. The van der Waals surface area contributed by atoms with Crippen LogP contribution in [0.4, 0.5) is 0 Å². The van der Waals surface area contributed by atoms with Crippen molar-refractivity contribution in [2.75, 3.05) is 19.6 Å². The van der Waals surface area contributed by atoms with Crippen molar-refractivity contribution in [1.29, 1.82) is 0 Å². The van der Waals surface area contributed by atoms with E-state index in [1.807, 2.05) is 0 Å². The molecular weight excluding hydrogens is 276 g/mol. The molecule has 1 aromatic carbocycles. The van der Waals surface area contributed by atoms with E-state index in [-0.39, 0.29) is 0 Å². The van der Waals surface area contributed by atoms with Gasteiger partial charge in [0.15, 0.2) is 0 Å². The zero-order valence-corrected chi connectivity index (χ0v) is 11.6. The van der Waals surface area contributed by atoms with Crippen molar-refractivity contribution in [3.63, 3.8) is 0 Å². The molecule has 0 bridgehead atoms. The summed E-state index contributed by atoms with van der Waals surface area (Å²) in [6.07, 6.45) is 3.78. The number of halogens is 1. The van der Waals surface area contributed by atoms with Crippen LogP contribution in [0.5, 0.6) is 0 Å². The highest BCUT2D eigenvalue weighted by Crippen LogP contribution is 2.39. The highest BCUT2D eigenvalue weighted by Gasteiger charge is 2.32. The lowest BCUT2D eigenvalue weighted by atomic mass is 10.1. The molecule has 1 aliphatic carbocycles. The second-order valence-corrected chi connectivity index (χ2v) is 6.20. The lowest BCUT2D eigenvalue weighted by molar-refractivity contribution is 0.236. The summed E-state index contributed by atoms with van der Waals surface area (Å²) in [5, 5.41) is 0. The van der Waals surface area contributed by atoms with Gasteiger partial charge >= 0.3 is 0 Å². The molecule has 92 valence electrons. The molecule has 3 heteroatoms. The molecule has 0 radical (unpaired) electrons. The van der Waals surface area contributed by atoms with Gasteiger partial charge < -0.3 is 5.73 Å². The van der Waals surface area contributed by atoms with E-state index in [0.29, 0.717) is 6.04 Å². The molecule has 0 spiro atoms. The summed E-state index contributed by atoms with van der Waals surface area (Å²) in [6.45, 7) is 3.26. The first kappa shape index (κ1) is 11.7. The Hall–Kier alpha value is -0.380. The van der Waals surface area contributed by atoms with Gasteiger partial charge in [0.2, 0.25) is 0 Å². The Kier molecular flexibility index (Phi) is 3.24. The molecule has 2 aliphatic rings. The molecule has 1 fully saturated rings. The van der Waals surface area contributed by atoms with Crippen LogP contribution >= 0.6 is 15.9 Å². The number of hydrogen-bond acceptors (Lipinski definition) is 2. The van der Waals surface area contributed by atoms with Crippen molar-refractivity contribution in [2.24, 2.45) is 11.7 Å². The van der Waals surface area contributed by atoms with Crippen LogP contribution in [0.3, 0.4) is 0 Å². The predicted molar refractivity (Wildman–Crippen MR) is 73.9 cm³/mol. The summed E-state index contributed by atoms with van der Waals surface area (Å²) >= 11 is 3.56. The normalized spacial score (nSPS) is 28.6. The van der Waals surface area contributed by atoms with E-state index in [1.165, 1.54) is 42.4 Å². The van der Waals surface area contributed by atoms with Gasteiger partial charge in [-0.3, -0.25) is 4.90 Å². The molecule has 1 aromatic rings. The van der Waals surface area contributed by atoms with E-state index < -0.39 is 0 Å². The molecule has 2 unspecified atom stereocenters. The minimum absolute atomic E-state index is 0.648. The molecule has 0 saturated carbocycles. The summed E-state index contributed by atoms with van der Waals surface area (Å²) in [7, 11) is 0. The monoisotopic (exact) mass is 294 g/mol. The van der Waals surface area contributed by atoms with Gasteiger partial charge in [-0.25, -0.2) is 0 Å². The SMILES string of the molecule is NCC1CCN(C2CCc3cc(Br)ccc32)C1. The smallest absolute Gasteiger partial charge is 0.0354 e. The minimum Gasteiger partial charge on any atom is -0.330 e. The van der Waals surface area contributed by atoms with E-state index in [2.05, 4.69) is 39.0 Å².